The topological polar surface area (TPSA) is 80.8 Å². The number of pyridine rings is 1. The van der Waals surface area contributed by atoms with Gasteiger partial charge in [0.05, 0.1) is 17.0 Å². The summed E-state index contributed by atoms with van der Waals surface area (Å²) in [6, 6.07) is 5.71. The van der Waals surface area contributed by atoms with Crippen molar-refractivity contribution in [1.82, 2.24) is 9.88 Å². The minimum atomic E-state index is -0.455. The number of nitrogens with two attached hydrogens (primary N) is 1. The molecule has 1 aromatic heterocycles. The summed E-state index contributed by atoms with van der Waals surface area (Å²) < 4.78 is 20.8. The number of aliphatic imine (C=N–C) groups is 1. The molecule has 0 atom stereocenters. The number of halogens is 1. The minimum Gasteiger partial charge on any atom is -0.469 e. The molecule has 1 saturated carbocycles. The van der Waals surface area contributed by atoms with E-state index in [9.17, 15) is 4.79 Å². The Balaban J connectivity index is 1.57. The normalized spacial score (nSPS) is 17.2. The number of carbonyl (C=O) groups excluding carboxylic acids is 1. The van der Waals surface area contributed by atoms with Gasteiger partial charge >= 0.3 is 0 Å². The molecule has 1 fully saturated rings. The maximum atomic E-state index is 15.1. The lowest BCUT2D eigenvalue weighted by Gasteiger charge is -2.34. The van der Waals surface area contributed by atoms with Crippen LogP contribution in [0.5, 0.6) is 5.75 Å². The van der Waals surface area contributed by atoms with Gasteiger partial charge in [-0.2, -0.15) is 0 Å². The highest BCUT2D eigenvalue weighted by molar-refractivity contribution is 5.98. The van der Waals surface area contributed by atoms with Crippen LogP contribution in [0, 0.1) is 12.7 Å². The predicted octanol–water partition coefficient (Wildman–Crippen LogP) is 4.24. The molecule has 0 saturated heterocycles. The van der Waals surface area contributed by atoms with Crippen LogP contribution >= 0.6 is 0 Å². The van der Waals surface area contributed by atoms with Crippen molar-refractivity contribution in [1.29, 1.82) is 0 Å². The van der Waals surface area contributed by atoms with Gasteiger partial charge in [-0.05, 0) is 68.0 Å². The number of amides is 1. The van der Waals surface area contributed by atoms with Crippen molar-refractivity contribution < 1.29 is 13.9 Å². The van der Waals surface area contributed by atoms with Crippen LogP contribution in [0.15, 0.2) is 35.5 Å². The van der Waals surface area contributed by atoms with Gasteiger partial charge in [-0.15, -0.1) is 0 Å². The minimum absolute atomic E-state index is 0.0747. The summed E-state index contributed by atoms with van der Waals surface area (Å²) in [4.78, 5) is 23.4. The first-order chi connectivity index (χ1) is 15.5. The van der Waals surface area contributed by atoms with Crippen LogP contribution in [0.4, 0.5) is 4.39 Å². The second-order valence-electron chi connectivity index (χ2n) is 8.34. The smallest absolute Gasteiger partial charge is 0.260 e. The average Bonchev–Trinajstić information content (AvgIpc) is 3.33. The van der Waals surface area contributed by atoms with Crippen molar-refractivity contribution in [3.05, 3.63) is 64.2 Å². The molecule has 1 aliphatic heterocycles. The number of allylic oxidation sites excluding steroid dienone is 1. The molecule has 2 N–H and O–H groups in total. The number of hydrogen-bond acceptors (Lipinski definition) is 5. The fourth-order valence-electron chi connectivity index (χ4n) is 4.34. The molecule has 0 unspecified atom stereocenters. The molecular formula is C25H29FN4O2. The third kappa shape index (κ3) is 4.38. The quantitative estimate of drug-likeness (QED) is 0.687. The fraction of sp³-hybridized carbons (Fsp3) is 0.400. The Labute approximate surface area is 188 Å². The lowest BCUT2D eigenvalue weighted by atomic mass is 9.96. The van der Waals surface area contributed by atoms with Crippen molar-refractivity contribution in [3.8, 4) is 5.75 Å². The van der Waals surface area contributed by atoms with E-state index in [1.807, 2.05) is 19.1 Å². The Morgan fingerprint density at radius 2 is 2.16 bits per heavy atom. The zero-order valence-corrected chi connectivity index (χ0v) is 18.6. The highest BCUT2D eigenvalue weighted by atomic mass is 19.1. The van der Waals surface area contributed by atoms with Crippen LogP contribution in [-0.4, -0.2) is 41.3 Å². The van der Waals surface area contributed by atoms with Gasteiger partial charge in [0.15, 0.2) is 18.3 Å². The Hall–Kier alpha value is -3.22. The largest absolute Gasteiger partial charge is 0.469 e. The molecular weight excluding hydrogens is 407 g/mol. The van der Waals surface area contributed by atoms with Gasteiger partial charge in [0.1, 0.15) is 0 Å². The summed E-state index contributed by atoms with van der Waals surface area (Å²) >= 11 is 0. The van der Waals surface area contributed by atoms with Crippen LogP contribution in [0.2, 0.25) is 0 Å². The third-order valence-electron chi connectivity index (χ3n) is 6.24. The second kappa shape index (κ2) is 9.51. The van der Waals surface area contributed by atoms with Crippen molar-refractivity contribution >= 4 is 17.8 Å². The SMILES string of the molecule is CCN=CC=C(N)c1ccc(Cc2cc3c(c(F)c2C)OCN(C2CCCC2)C3=O)cn1. The monoisotopic (exact) mass is 436 g/mol. The molecule has 6 nitrogen and oxygen atoms in total. The first kappa shape index (κ1) is 22.0. The van der Waals surface area contributed by atoms with Gasteiger partial charge in [-0.3, -0.25) is 14.8 Å². The zero-order valence-electron chi connectivity index (χ0n) is 18.6. The number of hydrogen-bond donors (Lipinski definition) is 1. The molecule has 32 heavy (non-hydrogen) atoms. The predicted molar refractivity (Wildman–Crippen MR) is 123 cm³/mol. The number of rotatable bonds is 6. The maximum Gasteiger partial charge on any atom is 0.260 e. The molecule has 1 amide bonds. The summed E-state index contributed by atoms with van der Waals surface area (Å²) in [7, 11) is 0. The van der Waals surface area contributed by atoms with E-state index in [0.717, 1.165) is 36.8 Å². The highest BCUT2D eigenvalue weighted by Crippen LogP contribution is 2.36. The van der Waals surface area contributed by atoms with Crippen LogP contribution in [0.1, 0.15) is 65.3 Å². The molecule has 1 aliphatic carbocycles. The Morgan fingerprint density at radius 1 is 1.38 bits per heavy atom. The molecule has 0 radical (unpaired) electrons. The molecule has 2 heterocycles. The highest BCUT2D eigenvalue weighted by Gasteiger charge is 2.35. The Bertz CT molecular complexity index is 1060. The molecule has 1 aromatic carbocycles. The molecule has 168 valence electrons. The first-order valence-electron chi connectivity index (χ1n) is 11.2. The average molecular weight is 437 g/mol. The van der Waals surface area contributed by atoms with Crippen LogP contribution < -0.4 is 10.5 Å². The van der Waals surface area contributed by atoms with E-state index in [1.165, 1.54) is 0 Å². The molecule has 4 rings (SSSR count). The molecule has 0 spiro atoms. The van der Waals surface area contributed by atoms with Gasteiger partial charge in [0.2, 0.25) is 0 Å². The van der Waals surface area contributed by atoms with E-state index in [0.29, 0.717) is 35.5 Å². The van der Waals surface area contributed by atoms with Gasteiger partial charge in [-0.25, -0.2) is 4.39 Å². The fourth-order valence-corrected chi connectivity index (χ4v) is 4.34. The number of aromatic nitrogens is 1. The molecule has 2 aromatic rings. The maximum absolute atomic E-state index is 15.1. The number of ether oxygens (including phenoxy) is 1. The van der Waals surface area contributed by atoms with Gasteiger partial charge in [0.25, 0.3) is 5.91 Å². The van der Waals surface area contributed by atoms with E-state index in [2.05, 4.69) is 9.98 Å². The summed E-state index contributed by atoms with van der Waals surface area (Å²) in [5.41, 5.74) is 9.68. The van der Waals surface area contributed by atoms with Crippen molar-refractivity contribution in [2.75, 3.05) is 13.3 Å². The van der Waals surface area contributed by atoms with Crippen molar-refractivity contribution in [2.45, 2.75) is 52.0 Å². The summed E-state index contributed by atoms with van der Waals surface area (Å²) in [6.45, 7) is 4.48. The van der Waals surface area contributed by atoms with E-state index >= 15 is 4.39 Å². The van der Waals surface area contributed by atoms with E-state index in [4.69, 9.17) is 10.5 Å². The number of fused-ring (bicyclic) bond motifs is 1. The van der Waals surface area contributed by atoms with E-state index in [1.54, 1.807) is 36.4 Å². The second-order valence-corrected chi connectivity index (χ2v) is 8.34. The van der Waals surface area contributed by atoms with Crippen LogP contribution in [-0.2, 0) is 6.42 Å². The van der Waals surface area contributed by atoms with Gasteiger partial charge in [-0.1, -0.05) is 18.9 Å². The summed E-state index contributed by atoms with van der Waals surface area (Å²) in [5.74, 6) is -0.520. The molecule has 0 bridgehead atoms. The zero-order chi connectivity index (χ0) is 22.7. The summed E-state index contributed by atoms with van der Waals surface area (Å²) in [6.07, 6.45) is 9.76. The van der Waals surface area contributed by atoms with Crippen molar-refractivity contribution in [3.63, 3.8) is 0 Å². The van der Waals surface area contributed by atoms with Gasteiger partial charge in [0, 0.05) is 25.0 Å². The number of carbonyl (C=O) groups is 1. The Kier molecular flexibility index (Phi) is 6.53. The lowest BCUT2D eigenvalue weighted by molar-refractivity contribution is 0.0377. The Morgan fingerprint density at radius 3 is 2.84 bits per heavy atom. The molecule has 2 aliphatic rings. The first-order valence-corrected chi connectivity index (χ1v) is 11.2. The van der Waals surface area contributed by atoms with Crippen LogP contribution in [0.25, 0.3) is 5.70 Å². The van der Waals surface area contributed by atoms with Gasteiger partial charge < -0.3 is 15.4 Å². The standard InChI is InChI=1S/C25H29FN4O2/c1-3-28-11-10-21(27)22-9-8-17(14-29-22)12-18-13-20-24(23(26)16(18)2)32-15-30(25(20)31)19-6-4-5-7-19/h8-11,13-14,19H,3-7,12,15,27H2,1-2H3. The number of benzene rings is 1. The summed E-state index contributed by atoms with van der Waals surface area (Å²) in [5, 5.41) is 0. The van der Waals surface area contributed by atoms with Crippen molar-refractivity contribution in [2.24, 2.45) is 10.7 Å². The van der Waals surface area contributed by atoms with E-state index < -0.39 is 5.82 Å². The molecule has 7 heteroatoms. The van der Waals surface area contributed by atoms with Crippen LogP contribution in [0.3, 0.4) is 0 Å². The van der Waals surface area contributed by atoms with E-state index in [-0.39, 0.29) is 24.4 Å². The number of nitrogens with zero attached hydrogens (tertiary/aromatic N) is 3. The lowest BCUT2D eigenvalue weighted by Crippen LogP contribution is -2.44. The third-order valence-corrected chi connectivity index (χ3v) is 6.24.